The average molecular weight is 399 g/mol. The maximum atomic E-state index is 12.5. The summed E-state index contributed by atoms with van der Waals surface area (Å²) >= 11 is 0. The Bertz CT molecular complexity index is 820. The molecule has 0 bridgehead atoms. The quantitative estimate of drug-likeness (QED) is 0.762. The minimum atomic E-state index is -0.579. The van der Waals surface area contributed by atoms with Crippen molar-refractivity contribution in [1.29, 1.82) is 0 Å². The molecule has 2 amide bonds. The van der Waals surface area contributed by atoms with Crippen molar-refractivity contribution in [2.45, 2.75) is 58.6 Å². The molecule has 1 aliphatic rings. The van der Waals surface area contributed by atoms with Crippen molar-refractivity contribution in [3.63, 3.8) is 0 Å². The van der Waals surface area contributed by atoms with Gasteiger partial charge in [0.05, 0.1) is 0 Å². The minimum absolute atomic E-state index is 0.0435. The van der Waals surface area contributed by atoms with Gasteiger partial charge in [0, 0.05) is 13.1 Å². The number of amides is 2. The molecule has 1 N–H and O–H groups in total. The molecule has 1 saturated heterocycles. The van der Waals surface area contributed by atoms with Gasteiger partial charge >= 0.3 is 0 Å². The van der Waals surface area contributed by atoms with E-state index in [1.807, 2.05) is 29.2 Å². The average Bonchev–Trinajstić information content (AvgIpc) is 3.22. The van der Waals surface area contributed by atoms with Crippen molar-refractivity contribution in [2.75, 3.05) is 13.1 Å². The molecule has 0 saturated carbocycles. The summed E-state index contributed by atoms with van der Waals surface area (Å²) in [5, 5.41) is 2.73. The van der Waals surface area contributed by atoms with Gasteiger partial charge in [-0.2, -0.15) is 0 Å². The molecule has 29 heavy (non-hydrogen) atoms. The lowest BCUT2D eigenvalue weighted by molar-refractivity contribution is -0.133. The summed E-state index contributed by atoms with van der Waals surface area (Å²) in [6.07, 6.45) is 3.20. The Morgan fingerprint density at radius 2 is 1.72 bits per heavy atom. The second-order valence-electron chi connectivity index (χ2n) is 7.86. The first-order valence-electron chi connectivity index (χ1n) is 10.3. The van der Waals surface area contributed by atoms with E-state index in [0.717, 1.165) is 38.1 Å². The molecule has 1 aromatic carbocycles. The number of ether oxygens (including phenoxy) is 1. The van der Waals surface area contributed by atoms with Crippen LogP contribution < -0.4 is 10.1 Å². The van der Waals surface area contributed by atoms with Gasteiger partial charge in [0.1, 0.15) is 24.2 Å². The first-order chi connectivity index (χ1) is 13.9. The monoisotopic (exact) mass is 398 g/mol. The highest BCUT2D eigenvalue weighted by Crippen LogP contribution is 2.20. The molecule has 156 valence electrons. The van der Waals surface area contributed by atoms with Gasteiger partial charge < -0.3 is 19.4 Å². The zero-order valence-corrected chi connectivity index (χ0v) is 17.4. The standard InChI is InChI=1S/C23H30N2O4/c1-16(2)18-7-9-19(10-8-18)28-15-20-11-12-21(29-20)22(26)24-17(3)23(27)25-13-5-4-6-14-25/h7-12,16-17H,4-6,13-15H2,1-3H3,(H,24,26). The third kappa shape index (κ3) is 5.62. The number of furan rings is 1. The van der Waals surface area contributed by atoms with E-state index in [9.17, 15) is 9.59 Å². The molecule has 1 fully saturated rings. The molecule has 1 aromatic heterocycles. The van der Waals surface area contributed by atoms with E-state index >= 15 is 0 Å². The summed E-state index contributed by atoms with van der Waals surface area (Å²) in [4.78, 5) is 26.7. The fourth-order valence-electron chi connectivity index (χ4n) is 3.40. The van der Waals surface area contributed by atoms with Crippen LogP contribution in [0.5, 0.6) is 5.75 Å². The Morgan fingerprint density at radius 3 is 2.38 bits per heavy atom. The van der Waals surface area contributed by atoms with E-state index in [0.29, 0.717) is 11.7 Å². The zero-order valence-electron chi connectivity index (χ0n) is 17.4. The van der Waals surface area contributed by atoms with Gasteiger partial charge in [-0.3, -0.25) is 9.59 Å². The fourth-order valence-corrected chi connectivity index (χ4v) is 3.40. The largest absolute Gasteiger partial charge is 0.486 e. The molecule has 6 heteroatoms. The van der Waals surface area contributed by atoms with Crippen LogP contribution in [-0.2, 0) is 11.4 Å². The van der Waals surface area contributed by atoms with E-state index < -0.39 is 11.9 Å². The molecular formula is C23H30N2O4. The van der Waals surface area contributed by atoms with E-state index in [2.05, 4.69) is 19.2 Å². The van der Waals surface area contributed by atoms with Crippen molar-refractivity contribution in [1.82, 2.24) is 10.2 Å². The number of rotatable bonds is 7. The molecule has 0 spiro atoms. The first kappa shape index (κ1) is 21.0. The lowest BCUT2D eigenvalue weighted by Gasteiger charge is -2.29. The van der Waals surface area contributed by atoms with Crippen molar-refractivity contribution in [3.8, 4) is 5.75 Å². The summed E-state index contributed by atoms with van der Waals surface area (Å²) in [7, 11) is 0. The van der Waals surface area contributed by atoms with E-state index in [-0.39, 0.29) is 18.3 Å². The maximum absolute atomic E-state index is 12.5. The van der Waals surface area contributed by atoms with Crippen LogP contribution in [0.1, 0.15) is 67.8 Å². The summed E-state index contributed by atoms with van der Waals surface area (Å²) in [5.41, 5.74) is 1.25. The number of carbonyl (C=O) groups excluding carboxylic acids is 2. The Kier molecular flexibility index (Phi) is 6.96. The number of nitrogens with one attached hydrogen (secondary N) is 1. The van der Waals surface area contributed by atoms with Crippen molar-refractivity contribution in [2.24, 2.45) is 0 Å². The van der Waals surface area contributed by atoms with Crippen LogP contribution >= 0.6 is 0 Å². The molecule has 0 radical (unpaired) electrons. The molecule has 1 atom stereocenters. The normalized spacial score (nSPS) is 15.2. The topological polar surface area (TPSA) is 71.8 Å². The van der Waals surface area contributed by atoms with E-state index in [1.165, 1.54) is 5.56 Å². The number of piperidine rings is 1. The second-order valence-corrected chi connectivity index (χ2v) is 7.86. The Balaban J connectivity index is 1.50. The number of likely N-dealkylation sites (tertiary alicyclic amines) is 1. The number of benzene rings is 1. The van der Waals surface area contributed by atoms with Crippen LogP contribution in [0.3, 0.4) is 0 Å². The smallest absolute Gasteiger partial charge is 0.287 e. The van der Waals surface area contributed by atoms with Gasteiger partial charge in [-0.25, -0.2) is 0 Å². The molecular weight excluding hydrogens is 368 g/mol. The number of hydrogen-bond donors (Lipinski definition) is 1. The van der Waals surface area contributed by atoms with Crippen molar-refractivity contribution < 1.29 is 18.7 Å². The Labute approximate surface area is 172 Å². The summed E-state index contributed by atoms with van der Waals surface area (Å²) in [6, 6.07) is 10.7. The molecule has 1 aliphatic heterocycles. The van der Waals surface area contributed by atoms with Crippen LogP contribution in [0, 0.1) is 0 Å². The van der Waals surface area contributed by atoms with Crippen molar-refractivity contribution in [3.05, 3.63) is 53.5 Å². The molecule has 1 unspecified atom stereocenters. The Hall–Kier alpha value is -2.76. The highest BCUT2D eigenvalue weighted by atomic mass is 16.5. The molecule has 2 aromatic rings. The molecule has 6 nitrogen and oxygen atoms in total. The van der Waals surface area contributed by atoms with Crippen LogP contribution in [0.2, 0.25) is 0 Å². The highest BCUT2D eigenvalue weighted by molar-refractivity contribution is 5.95. The summed E-state index contributed by atoms with van der Waals surface area (Å²) < 4.78 is 11.3. The maximum Gasteiger partial charge on any atom is 0.287 e. The van der Waals surface area contributed by atoms with Crippen LogP contribution in [-0.4, -0.2) is 35.8 Å². The van der Waals surface area contributed by atoms with Gasteiger partial charge in [0.25, 0.3) is 5.91 Å². The first-order valence-corrected chi connectivity index (χ1v) is 10.3. The predicted octanol–water partition coefficient (Wildman–Crippen LogP) is 4.11. The number of hydrogen-bond acceptors (Lipinski definition) is 4. The van der Waals surface area contributed by atoms with Crippen LogP contribution in [0.4, 0.5) is 0 Å². The van der Waals surface area contributed by atoms with Gasteiger partial charge in [0.15, 0.2) is 5.76 Å². The molecule has 2 heterocycles. The predicted molar refractivity (Wildman–Crippen MR) is 111 cm³/mol. The lowest BCUT2D eigenvalue weighted by atomic mass is 10.0. The lowest BCUT2D eigenvalue weighted by Crippen LogP contribution is -2.48. The summed E-state index contributed by atoms with van der Waals surface area (Å²) in [5.74, 6) is 1.51. The van der Waals surface area contributed by atoms with Crippen LogP contribution in [0.25, 0.3) is 0 Å². The van der Waals surface area contributed by atoms with E-state index in [4.69, 9.17) is 9.15 Å². The van der Waals surface area contributed by atoms with Crippen molar-refractivity contribution >= 4 is 11.8 Å². The fraction of sp³-hybridized carbons (Fsp3) is 0.478. The van der Waals surface area contributed by atoms with E-state index in [1.54, 1.807) is 19.1 Å². The Morgan fingerprint density at radius 1 is 1.03 bits per heavy atom. The van der Waals surface area contributed by atoms with Gasteiger partial charge in [0.2, 0.25) is 5.91 Å². The zero-order chi connectivity index (χ0) is 20.8. The second kappa shape index (κ2) is 9.63. The number of carbonyl (C=O) groups is 2. The third-order valence-corrected chi connectivity index (χ3v) is 5.20. The number of nitrogens with zero attached hydrogens (tertiary/aromatic N) is 1. The molecule has 0 aliphatic carbocycles. The van der Waals surface area contributed by atoms with Gasteiger partial charge in [-0.05, 0) is 61.9 Å². The third-order valence-electron chi connectivity index (χ3n) is 5.20. The van der Waals surface area contributed by atoms with Crippen LogP contribution in [0.15, 0.2) is 40.8 Å². The van der Waals surface area contributed by atoms with Gasteiger partial charge in [-0.1, -0.05) is 26.0 Å². The highest BCUT2D eigenvalue weighted by Gasteiger charge is 2.24. The minimum Gasteiger partial charge on any atom is -0.486 e. The molecule has 3 rings (SSSR count). The van der Waals surface area contributed by atoms with Gasteiger partial charge in [-0.15, -0.1) is 0 Å². The SMILES string of the molecule is CC(NC(=O)c1ccc(COc2ccc(C(C)C)cc2)o1)C(=O)N1CCCCC1. The summed E-state index contributed by atoms with van der Waals surface area (Å²) in [6.45, 7) is 7.76.